The van der Waals surface area contributed by atoms with Gasteiger partial charge in [-0.05, 0) is 43.7 Å². The molecule has 0 saturated carbocycles. The molecular formula is C20H22ClN5O. The highest BCUT2D eigenvalue weighted by atomic mass is 35.5. The van der Waals surface area contributed by atoms with Crippen molar-refractivity contribution in [1.82, 2.24) is 25.4 Å². The monoisotopic (exact) mass is 383 g/mol. The van der Waals surface area contributed by atoms with Gasteiger partial charge in [0, 0.05) is 36.3 Å². The summed E-state index contributed by atoms with van der Waals surface area (Å²) in [6.07, 6.45) is 7.43. The smallest absolute Gasteiger partial charge is 0.237 e. The molecule has 1 fully saturated rings. The minimum atomic E-state index is -0.0801. The molecule has 3 heterocycles. The second-order valence-electron chi connectivity index (χ2n) is 6.39. The zero-order valence-corrected chi connectivity index (χ0v) is 15.7. The van der Waals surface area contributed by atoms with Crippen LogP contribution in [0.2, 0.25) is 0 Å². The number of benzene rings is 1. The Balaban J connectivity index is 0.00000210. The molecule has 7 heteroatoms. The van der Waals surface area contributed by atoms with E-state index in [-0.39, 0.29) is 24.4 Å². The van der Waals surface area contributed by atoms with Crippen LogP contribution in [0.1, 0.15) is 18.4 Å². The Morgan fingerprint density at radius 2 is 1.96 bits per heavy atom. The molecule has 0 bridgehead atoms. The highest BCUT2D eigenvalue weighted by Crippen LogP contribution is 2.23. The predicted molar refractivity (Wildman–Crippen MR) is 107 cm³/mol. The number of carbonyl (C=O) groups excluding carboxylic acids is 1. The first-order valence-electron chi connectivity index (χ1n) is 8.87. The highest BCUT2D eigenvalue weighted by Gasteiger charge is 2.22. The number of aromatic nitrogens is 3. The van der Waals surface area contributed by atoms with E-state index in [4.69, 9.17) is 5.10 Å². The molecule has 1 aromatic carbocycles. The molecule has 1 unspecified atom stereocenters. The van der Waals surface area contributed by atoms with E-state index < -0.39 is 0 Å². The van der Waals surface area contributed by atoms with Crippen LogP contribution in [0.25, 0.3) is 16.9 Å². The van der Waals surface area contributed by atoms with Gasteiger partial charge in [-0.1, -0.05) is 18.2 Å². The van der Waals surface area contributed by atoms with Gasteiger partial charge in [0.1, 0.15) is 0 Å². The fraction of sp³-hybridized carbons (Fsp3) is 0.250. The lowest BCUT2D eigenvalue weighted by Gasteiger charge is -2.11. The van der Waals surface area contributed by atoms with E-state index in [1.165, 1.54) is 0 Å². The molecule has 3 aromatic rings. The summed E-state index contributed by atoms with van der Waals surface area (Å²) < 4.78 is 1.85. The Labute approximate surface area is 164 Å². The fourth-order valence-corrected chi connectivity index (χ4v) is 3.22. The standard InChI is InChI=1S/C20H21N5O.ClH/c26-20(18-7-4-10-22-18)23-13-16-14-25(17-5-2-1-3-6-17)24-19(16)15-8-11-21-12-9-15;/h1-3,5-6,8-9,11-12,14,18,22H,4,7,10,13H2,(H,23,26);1H. The molecular weight excluding hydrogens is 362 g/mol. The summed E-state index contributed by atoms with van der Waals surface area (Å²) in [6.45, 7) is 1.35. The van der Waals surface area contributed by atoms with Gasteiger partial charge in [0.2, 0.25) is 5.91 Å². The summed E-state index contributed by atoms with van der Waals surface area (Å²) in [4.78, 5) is 16.4. The Morgan fingerprint density at radius 3 is 2.67 bits per heavy atom. The molecule has 2 N–H and O–H groups in total. The van der Waals surface area contributed by atoms with Gasteiger partial charge in [0.25, 0.3) is 0 Å². The summed E-state index contributed by atoms with van der Waals surface area (Å²) in [5.74, 6) is 0.0515. The van der Waals surface area contributed by atoms with Crippen LogP contribution < -0.4 is 10.6 Å². The third kappa shape index (κ3) is 4.35. The third-order valence-corrected chi connectivity index (χ3v) is 4.59. The Kier molecular flexibility index (Phi) is 6.21. The van der Waals surface area contributed by atoms with Crippen LogP contribution in [0.4, 0.5) is 0 Å². The lowest BCUT2D eigenvalue weighted by Crippen LogP contribution is -2.40. The van der Waals surface area contributed by atoms with Crippen molar-refractivity contribution < 1.29 is 4.79 Å². The first-order valence-corrected chi connectivity index (χ1v) is 8.87. The van der Waals surface area contributed by atoms with Gasteiger partial charge in [0.05, 0.1) is 17.4 Å². The van der Waals surface area contributed by atoms with E-state index >= 15 is 0 Å². The van der Waals surface area contributed by atoms with E-state index in [1.807, 2.05) is 53.3 Å². The third-order valence-electron chi connectivity index (χ3n) is 4.59. The van der Waals surface area contributed by atoms with Crippen molar-refractivity contribution in [3.05, 3.63) is 66.6 Å². The Morgan fingerprint density at radius 1 is 1.19 bits per heavy atom. The van der Waals surface area contributed by atoms with E-state index in [1.54, 1.807) is 12.4 Å². The summed E-state index contributed by atoms with van der Waals surface area (Å²) >= 11 is 0. The first kappa shape index (κ1) is 19.1. The molecule has 1 saturated heterocycles. The number of carbonyl (C=O) groups is 1. The van der Waals surface area contributed by atoms with Crippen LogP contribution in [-0.4, -0.2) is 33.3 Å². The second-order valence-corrected chi connectivity index (χ2v) is 6.39. The van der Waals surface area contributed by atoms with E-state index in [2.05, 4.69) is 15.6 Å². The van der Waals surface area contributed by atoms with Crippen molar-refractivity contribution in [1.29, 1.82) is 0 Å². The predicted octanol–water partition coefficient (Wildman–Crippen LogP) is 2.72. The normalized spacial score (nSPS) is 15.9. The minimum absolute atomic E-state index is 0. The van der Waals surface area contributed by atoms with Gasteiger partial charge in [-0.2, -0.15) is 5.10 Å². The zero-order valence-electron chi connectivity index (χ0n) is 14.8. The fourth-order valence-electron chi connectivity index (χ4n) is 3.22. The number of hydrogen-bond acceptors (Lipinski definition) is 4. The maximum absolute atomic E-state index is 12.3. The van der Waals surface area contributed by atoms with Crippen LogP contribution in [-0.2, 0) is 11.3 Å². The molecule has 0 aliphatic carbocycles. The van der Waals surface area contributed by atoms with Gasteiger partial charge < -0.3 is 10.6 Å². The molecule has 6 nitrogen and oxygen atoms in total. The maximum atomic E-state index is 12.3. The molecule has 1 atom stereocenters. The quantitative estimate of drug-likeness (QED) is 0.710. The van der Waals surface area contributed by atoms with Gasteiger partial charge in [-0.15, -0.1) is 12.4 Å². The second kappa shape index (κ2) is 8.79. The zero-order chi connectivity index (χ0) is 17.8. The van der Waals surface area contributed by atoms with Crippen molar-refractivity contribution >= 4 is 18.3 Å². The molecule has 1 aliphatic heterocycles. The highest BCUT2D eigenvalue weighted by molar-refractivity contribution is 5.85. The van der Waals surface area contributed by atoms with Crippen molar-refractivity contribution in [2.24, 2.45) is 0 Å². The number of rotatable bonds is 5. The molecule has 1 aliphatic rings. The lowest BCUT2D eigenvalue weighted by molar-refractivity contribution is -0.122. The van der Waals surface area contributed by atoms with Crippen LogP contribution in [0, 0.1) is 0 Å². The largest absolute Gasteiger partial charge is 0.351 e. The maximum Gasteiger partial charge on any atom is 0.237 e. The molecule has 4 rings (SSSR count). The molecule has 140 valence electrons. The molecule has 0 spiro atoms. The number of nitrogens with zero attached hydrogens (tertiary/aromatic N) is 3. The summed E-state index contributed by atoms with van der Waals surface area (Å²) in [5.41, 5.74) is 3.80. The van der Waals surface area contributed by atoms with Crippen LogP contribution >= 0.6 is 12.4 Å². The SMILES string of the molecule is Cl.O=C(NCc1cn(-c2ccccc2)nc1-c1ccncc1)C1CCCN1. The molecule has 0 radical (unpaired) electrons. The van der Waals surface area contributed by atoms with Gasteiger partial charge in [0.15, 0.2) is 0 Å². The Bertz CT molecular complexity index is 876. The summed E-state index contributed by atoms with van der Waals surface area (Å²) in [5, 5.41) is 11.0. The first-order chi connectivity index (χ1) is 12.8. The number of para-hydroxylation sites is 1. The summed E-state index contributed by atoms with van der Waals surface area (Å²) in [6, 6.07) is 13.7. The number of halogens is 1. The van der Waals surface area contributed by atoms with Gasteiger partial charge in [-0.3, -0.25) is 9.78 Å². The number of hydrogen-bond donors (Lipinski definition) is 2. The number of nitrogens with one attached hydrogen (secondary N) is 2. The summed E-state index contributed by atoms with van der Waals surface area (Å²) in [7, 11) is 0. The molecule has 2 aromatic heterocycles. The average molecular weight is 384 g/mol. The Hall–Kier alpha value is -2.70. The van der Waals surface area contributed by atoms with Gasteiger partial charge >= 0.3 is 0 Å². The van der Waals surface area contributed by atoms with E-state index in [9.17, 15) is 4.79 Å². The van der Waals surface area contributed by atoms with Crippen molar-refractivity contribution in [2.45, 2.75) is 25.4 Å². The van der Waals surface area contributed by atoms with Crippen LogP contribution in [0.15, 0.2) is 61.1 Å². The minimum Gasteiger partial charge on any atom is -0.351 e. The number of amides is 1. The van der Waals surface area contributed by atoms with Gasteiger partial charge in [-0.25, -0.2) is 4.68 Å². The number of pyridine rings is 1. The molecule has 27 heavy (non-hydrogen) atoms. The van der Waals surface area contributed by atoms with Crippen molar-refractivity contribution in [3.8, 4) is 16.9 Å². The van der Waals surface area contributed by atoms with E-state index in [0.717, 1.165) is 41.9 Å². The average Bonchev–Trinajstić information content (AvgIpc) is 3.38. The molecule has 1 amide bonds. The lowest BCUT2D eigenvalue weighted by atomic mass is 10.1. The van der Waals surface area contributed by atoms with Crippen LogP contribution in [0.3, 0.4) is 0 Å². The van der Waals surface area contributed by atoms with E-state index in [0.29, 0.717) is 6.54 Å². The van der Waals surface area contributed by atoms with Crippen molar-refractivity contribution in [3.63, 3.8) is 0 Å². The van der Waals surface area contributed by atoms with Crippen LogP contribution in [0.5, 0.6) is 0 Å². The topological polar surface area (TPSA) is 71.8 Å². The van der Waals surface area contributed by atoms with Crippen molar-refractivity contribution in [2.75, 3.05) is 6.54 Å².